The smallest absolute Gasteiger partial charge is 0.213 e. The SMILES string of the molecule is COc1cc(CNC2CN3CCC2CC3)ccn1. The zero-order valence-electron chi connectivity index (χ0n) is 10.9. The molecule has 0 radical (unpaired) electrons. The van der Waals surface area contributed by atoms with Crippen LogP contribution in [0.4, 0.5) is 0 Å². The number of nitrogens with zero attached hydrogens (tertiary/aromatic N) is 2. The minimum atomic E-state index is 0.659. The van der Waals surface area contributed by atoms with Crippen molar-refractivity contribution in [1.29, 1.82) is 0 Å². The quantitative estimate of drug-likeness (QED) is 0.869. The highest BCUT2D eigenvalue weighted by Gasteiger charge is 2.33. The predicted molar refractivity (Wildman–Crippen MR) is 70.6 cm³/mol. The molecule has 1 unspecified atom stereocenters. The molecule has 2 bridgehead atoms. The van der Waals surface area contributed by atoms with Crippen LogP contribution in [0.3, 0.4) is 0 Å². The molecule has 4 heteroatoms. The van der Waals surface area contributed by atoms with E-state index in [1.807, 2.05) is 12.3 Å². The van der Waals surface area contributed by atoms with Crippen LogP contribution < -0.4 is 10.1 Å². The Balaban J connectivity index is 1.57. The second-order valence-corrected chi connectivity index (χ2v) is 5.33. The van der Waals surface area contributed by atoms with Gasteiger partial charge in [0.15, 0.2) is 0 Å². The average molecular weight is 247 g/mol. The Morgan fingerprint density at radius 1 is 1.44 bits per heavy atom. The fraction of sp³-hybridized carbons (Fsp3) is 0.643. The van der Waals surface area contributed by atoms with Crippen LogP contribution in [-0.2, 0) is 6.54 Å². The number of hydrogen-bond donors (Lipinski definition) is 1. The van der Waals surface area contributed by atoms with Crippen LogP contribution in [0.2, 0.25) is 0 Å². The number of hydrogen-bond acceptors (Lipinski definition) is 4. The van der Waals surface area contributed by atoms with Crippen LogP contribution in [0.15, 0.2) is 18.3 Å². The van der Waals surface area contributed by atoms with Crippen LogP contribution in [0.1, 0.15) is 18.4 Å². The summed E-state index contributed by atoms with van der Waals surface area (Å²) in [6, 6.07) is 4.72. The van der Waals surface area contributed by atoms with E-state index in [2.05, 4.69) is 21.3 Å². The van der Waals surface area contributed by atoms with E-state index in [0.717, 1.165) is 12.5 Å². The van der Waals surface area contributed by atoms with E-state index in [9.17, 15) is 0 Å². The van der Waals surface area contributed by atoms with E-state index in [1.54, 1.807) is 7.11 Å². The van der Waals surface area contributed by atoms with Gasteiger partial charge < -0.3 is 15.0 Å². The third-order valence-electron chi connectivity index (χ3n) is 4.23. The lowest BCUT2D eigenvalue weighted by Crippen LogP contribution is -2.55. The molecule has 1 aromatic rings. The summed E-state index contributed by atoms with van der Waals surface area (Å²) in [5.41, 5.74) is 1.25. The molecule has 18 heavy (non-hydrogen) atoms. The second-order valence-electron chi connectivity index (χ2n) is 5.33. The summed E-state index contributed by atoms with van der Waals surface area (Å²) in [7, 11) is 1.66. The van der Waals surface area contributed by atoms with Gasteiger partial charge >= 0.3 is 0 Å². The monoisotopic (exact) mass is 247 g/mol. The number of ether oxygens (including phenoxy) is 1. The molecule has 0 aliphatic carbocycles. The highest BCUT2D eigenvalue weighted by atomic mass is 16.5. The summed E-state index contributed by atoms with van der Waals surface area (Å²) >= 11 is 0. The van der Waals surface area contributed by atoms with Gasteiger partial charge in [-0.25, -0.2) is 4.98 Å². The topological polar surface area (TPSA) is 37.4 Å². The molecule has 0 amide bonds. The first-order valence-corrected chi connectivity index (χ1v) is 6.80. The molecular weight excluding hydrogens is 226 g/mol. The summed E-state index contributed by atoms with van der Waals surface area (Å²) in [6.45, 7) is 4.72. The molecule has 98 valence electrons. The van der Waals surface area contributed by atoms with Gasteiger partial charge in [-0.05, 0) is 43.5 Å². The highest BCUT2D eigenvalue weighted by Crippen LogP contribution is 2.27. The zero-order valence-corrected chi connectivity index (χ0v) is 10.9. The maximum atomic E-state index is 5.15. The first kappa shape index (κ1) is 11.9. The number of nitrogens with one attached hydrogen (secondary N) is 1. The Kier molecular flexibility index (Phi) is 3.48. The van der Waals surface area contributed by atoms with Gasteiger partial charge in [-0.15, -0.1) is 0 Å². The molecule has 3 fully saturated rings. The lowest BCUT2D eigenvalue weighted by molar-refractivity contribution is 0.0720. The van der Waals surface area contributed by atoms with Crippen molar-refractivity contribution in [3.8, 4) is 5.88 Å². The van der Waals surface area contributed by atoms with Gasteiger partial charge in [0, 0.05) is 31.4 Å². The summed E-state index contributed by atoms with van der Waals surface area (Å²) < 4.78 is 5.15. The van der Waals surface area contributed by atoms with E-state index < -0.39 is 0 Å². The number of methoxy groups -OCH3 is 1. The minimum absolute atomic E-state index is 0.659. The first-order valence-electron chi connectivity index (χ1n) is 6.80. The standard InChI is InChI=1S/C14H21N3O/c1-18-14-8-11(2-5-15-14)9-16-13-10-17-6-3-12(13)4-7-17/h2,5,8,12-13,16H,3-4,6-7,9-10H2,1H3. The van der Waals surface area contributed by atoms with E-state index in [0.29, 0.717) is 11.9 Å². The molecule has 1 N–H and O–H groups in total. The van der Waals surface area contributed by atoms with Gasteiger partial charge in [0.1, 0.15) is 0 Å². The molecule has 4 heterocycles. The molecule has 0 saturated carbocycles. The van der Waals surface area contributed by atoms with Gasteiger partial charge in [0.25, 0.3) is 0 Å². The van der Waals surface area contributed by atoms with Gasteiger partial charge in [-0.1, -0.05) is 0 Å². The normalized spacial score (nSPS) is 30.4. The number of pyridine rings is 1. The number of rotatable bonds is 4. The number of aromatic nitrogens is 1. The van der Waals surface area contributed by atoms with Crippen LogP contribution in [0, 0.1) is 5.92 Å². The largest absolute Gasteiger partial charge is 0.481 e. The van der Waals surface area contributed by atoms with Crippen molar-refractivity contribution < 1.29 is 4.74 Å². The van der Waals surface area contributed by atoms with E-state index in [1.165, 1.54) is 38.0 Å². The van der Waals surface area contributed by atoms with Crippen LogP contribution in [0.5, 0.6) is 5.88 Å². The van der Waals surface area contributed by atoms with Crippen molar-refractivity contribution in [3.05, 3.63) is 23.9 Å². The summed E-state index contributed by atoms with van der Waals surface area (Å²) in [6.07, 6.45) is 4.53. The highest BCUT2D eigenvalue weighted by molar-refractivity contribution is 5.20. The molecule has 3 aliphatic heterocycles. The maximum absolute atomic E-state index is 5.15. The van der Waals surface area contributed by atoms with Gasteiger partial charge in [0.05, 0.1) is 7.11 Å². The third kappa shape index (κ3) is 2.49. The zero-order chi connectivity index (χ0) is 12.4. The van der Waals surface area contributed by atoms with Gasteiger partial charge in [-0.2, -0.15) is 0 Å². The van der Waals surface area contributed by atoms with Crippen molar-refractivity contribution in [2.45, 2.75) is 25.4 Å². The number of piperidine rings is 3. The van der Waals surface area contributed by atoms with E-state index >= 15 is 0 Å². The molecular formula is C14H21N3O. The lowest BCUT2D eigenvalue weighted by atomic mass is 9.84. The molecule has 1 atom stereocenters. The van der Waals surface area contributed by atoms with E-state index in [-0.39, 0.29) is 0 Å². The minimum Gasteiger partial charge on any atom is -0.481 e. The van der Waals surface area contributed by atoms with Crippen LogP contribution in [0.25, 0.3) is 0 Å². The maximum Gasteiger partial charge on any atom is 0.213 e. The fourth-order valence-corrected chi connectivity index (χ4v) is 3.12. The Morgan fingerprint density at radius 3 is 2.94 bits per heavy atom. The molecule has 1 aromatic heterocycles. The van der Waals surface area contributed by atoms with Crippen molar-refractivity contribution in [3.63, 3.8) is 0 Å². The van der Waals surface area contributed by atoms with Gasteiger partial charge in [0.2, 0.25) is 5.88 Å². The summed E-state index contributed by atoms with van der Waals surface area (Å²) in [5.74, 6) is 1.57. The fourth-order valence-electron chi connectivity index (χ4n) is 3.12. The van der Waals surface area contributed by atoms with Crippen molar-refractivity contribution in [1.82, 2.24) is 15.2 Å². The summed E-state index contributed by atoms with van der Waals surface area (Å²) in [5, 5.41) is 3.70. The number of fused-ring (bicyclic) bond motifs is 3. The molecule has 0 aromatic carbocycles. The third-order valence-corrected chi connectivity index (χ3v) is 4.23. The molecule has 3 aliphatic rings. The lowest BCUT2D eigenvalue weighted by Gasteiger charge is -2.45. The molecule has 4 rings (SSSR count). The average Bonchev–Trinajstić information content (AvgIpc) is 2.46. The predicted octanol–water partition coefficient (Wildman–Crippen LogP) is 1.27. The van der Waals surface area contributed by atoms with Crippen molar-refractivity contribution in [2.24, 2.45) is 5.92 Å². The Hall–Kier alpha value is -1.13. The van der Waals surface area contributed by atoms with Crippen molar-refractivity contribution >= 4 is 0 Å². The molecule has 3 saturated heterocycles. The van der Waals surface area contributed by atoms with Gasteiger partial charge in [-0.3, -0.25) is 0 Å². The second kappa shape index (κ2) is 5.24. The van der Waals surface area contributed by atoms with Crippen LogP contribution in [-0.4, -0.2) is 42.7 Å². The van der Waals surface area contributed by atoms with Crippen LogP contribution >= 0.6 is 0 Å². The Bertz CT molecular complexity index is 402. The Morgan fingerprint density at radius 2 is 2.28 bits per heavy atom. The molecule has 0 spiro atoms. The van der Waals surface area contributed by atoms with Crippen molar-refractivity contribution in [2.75, 3.05) is 26.7 Å². The summed E-state index contributed by atoms with van der Waals surface area (Å²) in [4.78, 5) is 6.71. The molecule has 4 nitrogen and oxygen atoms in total. The van der Waals surface area contributed by atoms with E-state index in [4.69, 9.17) is 4.74 Å². The first-order chi connectivity index (χ1) is 8.85. The Labute approximate surface area is 108 Å².